The van der Waals surface area contributed by atoms with Crippen LogP contribution in [0, 0.1) is 0 Å². The van der Waals surface area contributed by atoms with Gasteiger partial charge < -0.3 is 9.47 Å². The van der Waals surface area contributed by atoms with Crippen LogP contribution in [0.5, 0.6) is 11.5 Å². The number of hydrogen-bond donors (Lipinski definition) is 1. The molecule has 1 atom stereocenters. The first kappa shape index (κ1) is 18.7. The monoisotopic (exact) mass is 358 g/mol. The topological polar surface area (TPSA) is 59.9 Å². The minimum Gasteiger partial charge on any atom is -0.485 e. The second-order valence-electron chi connectivity index (χ2n) is 7.20. The Bertz CT molecular complexity index is 601. The third-order valence-corrected chi connectivity index (χ3v) is 5.06. The Morgan fingerprint density at radius 1 is 0.885 bits per heavy atom. The summed E-state index contributed by atoms with van der Waals surface area (Å²) in [6, 6.07) is 7.41. The summed E-state index contributed by atoms with van der Waals surface area (Å²) < 4.78 is 11.3. The molecule has 142 valence electrons. The Labute approximate surface area is 156 Å². The van der Waals surface area contributed by atoms with Gasteiger partial charge >= 0.3 is 0 Å². The highest BCUT2D eigenvalue weighted by molar-refractivity contribution is 5.87. The lowest BCUT2D eigenvalue weighted by molar-refractivity contribution is -0.130. The van der Waals surface area contributed by atoms with E-state index in [1.54, 1.807) is 0 Å². The highest BCUT2D eigenvalue weighted by Gasteiger charge is 2.27. The van der Waals surface area contributed by atoms with Gasteiger partial charge in [0.05, 0.1) is 0 Å². The van der Waals surface area contributed by atoms with E-state index in [1.165, 1.54) is 44.9 Å². The van der Waals surface area contributed by atoms with Gasteiger partial charge in [-0.15, -0.1) is 0 Å². The minimum absolute atomic E-state index is 0.216. The molecule has 1 N–H and O–H groups in total. The molecule has 5 nitrogen and oxygen atoms in total. The van der Waals surface area contributed by atoms with Crippen molar-refractivity contribution in [1.29, 1.82) is 0 Å². The molecule has 0 radical (unpaired) electrons. The number of carbonyl (C=O) groups excluding carboxylic acids is 1. The van der Waals surface area contributed by atoms with E-state index < -0.39 is 6.10 Å². The molecule has 1 fully saturated rings. The van der Waals surface area contributed by atoms with Crippen molar-refractivity contribution in [2.45, 2.75) is 76.7 Å². The van der Waals surface area contributed by atoms with Gasteiger partial charge in [0.15, 0.2) is 11.5 Å². The zero-order valence-electron chi connectivity index (χ0n) is 15.5. The summed E-state index contributed by atoms with van der Waals surface area (Å²) in [6.45, 7) is 0.216. The standard InChI is InChI=1S/C21H30N2O3/c24-21(20-16-25-18-14-10-11-15-19(18)26-20)23-22-17-12-8-6-4-2-1-3-5-7-9-13-17/h10-11,14-15,20H,1-9,12-13,16H2,(H,23,24). The summed E-state index contributed by atoms with van der Waals surface area (Å²) in [5.74, 6) is 1.05. The summed E-state index contributed by atoms with van der Waals surface area (Å²) in [5.41, 5.74) is 3.82. The average molecular weight is 358 g/mol. The van der Waals surface area contributed by atoms with Crippen LogP contribution in [0.25, 0.3) is 0 Å². The molecule has 0 saturated heterocycles. The smallest absolute Gasteiger partial charge is 0.284 e. The largest absolute Gasteiger partial charge is 0.485 e. The number of amides is 1. The Morgan fingerprint density at radius 3 is 2.12 bits per heavy atom. The number of rotatable bonds is 2. The van der Waals surface area contributed by atoms with E-state index in [1.807, 2.05) is 24.3 Å². The highest BCUT2D eigenvalue weighted by atomic mass is 16.6. The molecular weight excluding hydrogens is 328 g/mol. The quantitative estimate of drug-likeness (QED) is 0.786. The van der Waals surface area contributed by atoms with Gasteiger partial charge in [-0.3, -0.25) is 4.79 Å². The number of nitrogens with one attached hydrogen (secondary N) is 1. The van der Waals surface area contributed by atoms with Gasteiger partial charge in [0.25, 0.3) is 5.91 Å². The van der Waals surface area contributed by atoms with Crippen molar-refractivity contribution >= 4 is 11.6 Å². The Hall–Kier alpha value is -2.04. The Kier molecular flexibility index (Phi) is 7.35. The zero-order valence-corrected chi connectivity index (χ0v) is 15.5. The van der Waals surface area contributed by atoms with E-state index in [-0.39, 0.29) is 12.5 Å². The summed E-state index contributed by atoms with van der Waals surface area (Å²) in [6.07, 6.45) is 12.8. The first-order valence-electron chi connectivity index (χ1n) is 10.1. The molecule has 1 aromatic carbocycles. The summed E-state index contributed by atoms with van der Waals surface area (Å²) in [4.78, 5) is 12.4. The summed E-state index contributed by atoms with van der Waals surface area (Å²) in [5, 5.41) is 4.42. The Morgan fingerprint density at radius 2 is 1.46 bits per heavy atom. The van der Waals surface area contributed by atoms with Crippen molar-refractivity contribution in [3.8, 4) is 11.5 Å². The number of nitrogens with zero attached hydrogens (tertiary/aromatic N) is 1. The van der Waals surface area contributed by atoms with Gasteiger partial charge in [0.2, 0.25) is 6.10 Å². The molecule has 1 unspecified atom stereocenters. The summed E-state index contributed by atoms with van der Waals surface area (Å²) in [7, 11) is 0. The molecule has 1 amide bonds. The van der Waals surface area contributed by atoms with E-state index in [2.05, 4.69) is 10.5 Å². The highest BCUT2D eigenvalue weighted by Crippen LogP contribution is 2.30. The van der Waals surface area contributed by atoms with E-state index in [4.69, 9.17) is 9.47 Å². The number of ether oxygens (including phenoxy) is 2. The van der Waals surface area contributed by atoms with E-state index in [0.717, 1.165) is 31.4 Å². The maximum atomic E-state index is 12.4. The maximum absolute atomic E-state index is 12.4. The third-order valence-electron chi connectivity index (χ3n) is 5.06. The normalized spacial score (nSPS) is 21.8. The first-order chi connectivity index (χ1) is 12.8. The van der Waals surface area contributed by atoms with Crippen LogP contribution >= 0.6 is 0 Å². The molecule has 0 bridgehead atoms. The second kappa shape index (κ2) is 10.2. The van der Waals surface area contributed by atoms with Crippen molar-refractivity contribution in [2.24, 2.45) is 5.10 Å². The second-order valence-corrected chi connectivity index (χ2v) is 7.20. The van der Waals surface area contributed by atoms with Crippen molar-refractivity contribution < 1.29 is 14.3 Å². The molecule has 5 heteroatoms. The molecule has 1 heterocycles. The molecule has 26 heavy (non-hydrogen) atoms. The third kappa shape index (κ3) is 5.75. The predicted molar refractivity (Wildman–Crippen MR) is 103 cm³/mol. The van der Waals surface area contributed by atoms with Gasteiger partial charge in [0.1, 0.15) is 6.61 Å². The molecule has 1 aliphatic heterocycles. The van der Waals surface area contributed by atoms with Gasteiger partial charge in [-0.05, 0) is 37.8 Å². The molecule has 2 aliphatic rings. The van der Waals surface area contributed by atoms with Crippen LogP contribution in [0.3, 0.4) is 0 Å². The van der Waals surface area contributed by atoms with E-state index in [9.17, 15) is 4.79 Å². The van der Waals surface area contributed by atoms with Gasteiger partial charge in [0, 0.05) is 5.71 Å². The zero-order chi connectivity index (χ0) is 18.0. The van der Waals surface area contributed by atoms with Crippen LogP contribution in [0.4, 0.5) is 0 Å². The van der Waals surface area contributed by atoms with Gasteiger partial charge in [-0.2, -0.15) is 5.10 Å². The fourth-order valence-electron chi connectivity index (χ4n) is 3.49. The van der Waals surface area contributed by atoms with Crippen LogP contribution < -0.4 is 14.9 Å². The Balaban J connectivity index is 1.52. The lowest BCUT2D eigenvalue weighted by atomic mass is 10.00. The average Bonchev–Trinajstić information content (AvgIpc) is 2.67. The maximum Gasteiger partial charge on any atom is 0.284 e. The van der Waals surface area contributed by atoms with Crippen molar-refractivity contribution in [3.63, 3.8) is 0 Å². The lowest BCUT2D eigenvalue weighted by Crippen LogP contribution is -2.42. The molecule has 1 aliphatic carbocycles. The molecular formula is C21H30N2O3. The van der Waals surface area contributed by atoms with Crippen LogP contribution in [0.15, 0.2) is 29.4 Å². The number of para-hydroxylation sites is 2. The fourth-order valence-corrected chi connectivity index (χ4v) is 3.49. The van der Waals surface area contributed by atoms with Crippen LogP contribution in [-0.2, 0) is 4.79 Å². The van der Waals surface area contributed by atoms with Crippen LogP contribution in [0.2, 0.25) is 0 Å². The van der Waals surface area contributed by atoms with E-state index in [0.29, 0.717) is 11.5 Å². The predicted octanol–water partition coefficient (Wildman–Crippen LogP) is 4.60. The SMILES string of the molecule is O=C(NN=C1CCCCCCCCCCC1)C1COc2ccccc2O1. The van der Waals surface area contributed by atoms with Crippen molar-refractivity contribution in [2.75, 3.05) is 6.61 Å². The molecule has 0 spiro atoms. The van der Waals surface area contributed by atoms with E-state index >= 15 is 0 Å². The number of hydrogen-bond acceptors (Lipinski definition) is 4. The van der Waals surface area contributed by atoms with Gasteiger partial charge in [-0.1, -0.05) is 57.1 Å². The molecule has 0 aromatic heterocycles. The fraction of sp³-hybridized carbons (Fsp3) is 0.619. The van der Waals surface area contributed by atoms with Crippen molar-refractivity contribution in [3.05, 3.63) is 24.3 Å². The minimum atomic E-state index is -0.652. The number of fused-ring (bicyclic) bond motifs is 1. The van der Waals surface area contributed by atoms with Crippen LogP contribution in [-0.4, -0.2) is 24.3 Å². The number of hydrazone groups is 1. The number of carbonyl (C=O) groups is 1. The number of benzene rings is 1. The lowest BCUT2D eigenvalue weighted by Gasteiger charge is -2.25. The molecule has 1 saturated carbocycles. The van der Waals surface area contributed by atoms with Gasteiger partial charge in [-0.25, -0.2) is 5.43 Å². The van der Waals surface area contributed by atoms with Crippen LogP contribution in [0.1, 0.15) is 70.6 Å². The summed E-state index contributed by atoms with van der Waals surface area (Å²) >= 11 is 0. The van der Waals surface area contributed by atoms with Crippen molar-refractivity contribution in [1.82, 2.24) is 5.43 Å². The molecule has 3 rings (SSSR count). The first-order valence-corrected chi connectivity index (χ1v) is 10.1. The molecule has 1 aromatic rings.